The summed E-state index contributed by atoms with van der Waals surface area (Å²) in [7, 11) is 0. The SMILES string of the molecule is Cc1cc([N+](=O)[O-])cc(C(=O)NCC2CCCO2)c1F. The first-order valence-corrected chi connectivity index (χ1v) is 6.33. The van der Waals surface area contributed by atoms with Crippen LogP contribution in [0.3, 0.4) is 0 Å². The van der Waals surface area contributed by atoms with Crippen molar-refractivity contribution in [3.05, 3.63) is 39.2 Å². The van der Waals surface area contributed by atoms with E-state index < -0.39 is 16.6 Å². The number of nitro benzene ring substituents is 1. The molecule has 6 nitrogen and oxygen atoms in total. The molecule has 108 valence electrons. The maximum atomic E-state index is 13.9. The molecule has 1 saturated heterocycles. The number of rotatable bonds is 4. The number of hydrogen-bond acceptors (Lipinski definition) is 4. The summed E-state index contributed by atoms with van der Waals surface area (Å²) in [5.41, 5.74) is -0.540. The zero-order chi connectivity index (χ0) is 14.7. The van der Waals surface area contributed by atoms with Crippen LogP contribution in [0.5, 0.6) is 0 Å². The minimum absolute atomic E-state index is 0.0678. The van der Waals surface area contributed by atoms with E-state index in [9.17, 15) is 19.3 Å². The van der Waals surface area contributed by atoms with Crippen molar-refractivity contribution in [1.82, 2.24) is 5.32 Å². The number of benzene rings is 1. The predicted molar refractivity (Wildman–Crippen MR) is 69.1 cm³/mol. The van der Waals surface area contributed by atoms with Gasteiger partial charge in [-0.15, -0.1) is 0 Å². The number of nitrogens with zero attached hydrogens (tertiary/aromatic N) is 1. The van der Waals surface area contributed by atoms with Crippen LogP contribution in [0, 0.1) is 22.9 Å². The smallest absolute Gasteiger partial charge is 0.270 e. The fourth-order valence-electron chi connectivity index (χ4n) is 2.13. The van der Waals surface area contributed by atoms with Crippen LogP contribution in [0.25, 0.3) is 0 Å². The Morgan fingerprint density at radius 2 is 2.35 bits per heavy atom. The van der Waals surface area contributed by atoms with E-state index in [1.807, 2.05) is 0 Å². The lowest BCUT2D eigenvalue weighted by atomic mass is 10.1. The van der Waals surface area contributed by atoms with E-state index >= 15 is 0 Å². The second kappa shape index (κ2) is 5.96. The molecule has 1 aliphatic heterocycles. The topological polar surface area (TPSA) is 81.5 Å². The van der Waals surface area contributed by atoms with E-state index in [4.69, 9.17) is 4.74 Å². The molecule has 1 aromatic carbocycles. The van der Waals surface area contributed by atoms with E-state index in [0.717, 1.165) is 25.0 Å². The normalized spacial score (nSPS) is 18.0. The molecular weight excluding hydrogens is 267 g/mol. The fraction of sp³-hybridized carbons (Fsp3) is 0.462. The molecule has 1 unspecified atom stereocenters. The van der Waals surface area contributed by atoms with Crippen molar-refractivity contribution in [2.24, 2.45) is 0 Å². The highest BCUT2D eigenvalue weighted by atomic mass is 19.1. The first-order chi connectivity index (χ1) is 9.49. The van der Waals surface area contributed by atoms with Gasteiger partial charge in [0.1, 0.15) is 5.82 Å². The molecule has 0 bridgehead atoms. The summed E-state index contributed by atoms with van der Waals surface area (Å²) < 4.78 is 19.2. The van der Waals surface area contributed by atoms with Crippen LogP contribution < -0.4 is 5.32 Å². The largest absolute Gasteiger partial charge is 0.376 e. The number of nitrogens with one attached hydrogen (secondary N) is 1. The maximum Gasteiger partial charge on any atom is 0.270 e. The highest BCUT2D eigenvalue weighted by molar-refractivity contribution is 5.95. The summed E-state index contributed by atoms with van der Waals surface area (Å²) in [5.74, 6) is -1.40. The molecule has 20 heavy (non-hydrogen) atoms. The first kappa shape index (κ1) is 14.4. The minimum Gasteiger partial charge on any atom is -0.376 e. The number of ether oxygens (including phenoxy) is 1. The Bertz CT molecular complexity index is 541. The van der Waals surface area contributed by atoms with Gasteiger partial charge in [-0.2, -0.15) is 0 Å². The Labute approximate surface area is 115 Å². The van der Waals surface area contributed by atoms with Crippen molar-refractivity contribution in [3.63, 3.8) is 0 Å². The van der Waals surface area contributed by atoms with Crippen LogP contribution in [0.15, 0.2) is 12.1 Å². The fourth-order valence-corrected chi connectivity index (χ4v) is 2.13. The summed E-state index contributed by atoms with van der Waals surface area (Å²) in [4.78, 5) is 22.0. The molecule has 1 aliphatic rings. The number of hydrogen-bond donors (Lipinski definition) is 1. The first-order valence-electron chi connectivity index (χ1n) is 6.33. The second-order valence-corrected chi connectivity index (χ2v) is 4.73. The molecule has 1 heterocycles. The Kier molecular flexibility index (Phi) is 4.29. The maximum absolute atomic E-state index is 13.9. The lowest BCUT2D eigenvalue weighted by Crippen LogP contribution is -2.32. The minimum atomic E-state index is -0.736. The van der Waals surface area contributed by atoms with E-state index in [0.29, 0.717) is 6.61 Å². The molecular formula is C13H15FN2O4. The average molecular weight is 282 g/mol. The van der Waals surface area contributed by atoms with Gasteiger partial charge in [0.25, 0.3) is 11.6 Å². The number of carbonyl (C=O) groups is 1. The van der Waals surface area contributed by atoms with Crippen molar-refractivity contribution < 1.29 is 18.8 Å². The number of carbonyl (C=O) groups excluding carboxylic acids is 1. The number of halogens is 1. The van der Waals surface area contributed by atoms with Crippen LogP contribution in [-0.2, 0) is 4.74 Å². The molecule has 7 heteroatoms. The van der Waals surface area contributed by atoms with Gasteiger partial charge in [0.15, 0.2) is 0 Å². The Hall–Kier alpha value is -2.02. The molecule has 1 amide bonds. The number of aryl methyl sites for hydroxylation is 1. The summed E-state index contributed by atoms with van der Waals surface area (Å²) in [5, 5.41) is 13.3. The van der Waals surface area contributed by atoms with Crippen molar-refractivity contribution in [3.8, 4) is 0 Å². The summed E-state index contributed by atoms with van der Waals surface area (Å²) in [6.07, 6.45) is 1.71. The van der Waals surface area contributed by atoms with E-state index in [1.54, 1.807) is 0 Å². The molecule has 1 fully saturated rings. The standard InChI is InChI=1S/C13H15FN2O4/c1-8-5-9(16(18)19)6-11(12(8)14)13(17)15-7-10-3-2-4-20-10/h5-6,10H,2-4,7H2,1H3,(H,15,17). The number of non-ortho nitro benzene ring substituents is 1. The molecule has 2 rings (SSSR count). The van der Waals surface area contributed by atoms with Crippen LogP contribution >= 0.6 is 0 Å². The molecule has 0 aromatic heterocycles. The summed E-state index contributed by atoms with van der Waals surface area (Å²) in [6, 6.07) is 2.05. The number of amides is 1. The average Bonchev–Trinajstić information content (AvgIpc) is 2.92. The zero-order valence-electron chi connectivity index (χ0n) is 11.0. The van der Waals surface area contributed by atoms with Gasteiger partial charge in [0.05, 0.1) is 16.6 Å². The van der Waals surface area contributed by atoms with E-state index in [-0.39, 0.29) is 29.5 Å². The molecule has 0 aliphatic carbocycles. The third-order valence-corrected chi connectivity index (χ3v) is 3.21. The second-order valence-electron chi connectivity index (χ2n) is 4.73. The molecule has 1 N–H and O–H groups in total. The van der Waals surface area contributed by atoms with Crippen molar-refractivity contribution in [2.45, 2.75) is 25.9 Å². The third-order valence-electron chi connectivity index (χ3n) is 3.21. The molecule has 1 atom stereocenters. The van der Waals surface area contributed by atoms with Crippen molar-refractivity contribution >= 4 is 11.6 Å². The van der Waals surface area contributed by atoms with Crippen LogP contribution in [0.4, 0.5) is 10.1 Å². The third kappa shape index (κ3) is 3.11. The molecule has 1 aromatic rings. The van der Waals surface area contributed by atoms with Gasteiger partial charge in [-0.25, -0.2) is 4.39 Å². The van der Waals surface area contributed by atoms with Crippen molar-refractivity contribution in [2.75, 3.05) is 13.2 Å². The highest BCUT2D eigenvalue weighted by Gasteiger charge is 2.21. The van der Waals surface area contributed by atoms with E-state index in [1.165, 1.54) is 6.92 Å². The van der Waals surface area contributed by atoms with Gasteiger partial charge in [-0.3, -0.25) is 14.9 Å². The van der Waals surface area contributed by atoms with Gasteiger partial charge < -0.3 is 10.1 Å². The molecule has 0 spiro atoms. The Morgan fingerprint density at radius 3 is 2.95 bits per heavy atom. The zero-order valence-corrected chi connectivity index (χ0v) is 11.0. The molecule has 0 saturated carbocycles. The summed E-state index contributed by atoms with van der Waals surface area (Å²) in [6.45, 7) is 2.32. The predicted octanol–water partition coefficient (Wildman–Crippen LogP) is 1.95. The Balaban J connectivity index is 2.13. The van der Waals surface area contributed by atoms with Crippen LogP contribution in [-0.4, -0.2) is 30.1 Å². The monoisotopic (exact) mass is 282 g/mol. The quantitative estimate of drug-likeness (QED) is 0.676. The van der Waals surface area contributed by atoms with Gasteiger partial charge >= 0.3 is 0 Å². The van der Waals surface area contributed by atoms with Gasteiger partial charge in [-0.1, -0.05) is 0 Å². The highest BCUT2D eigenvalue weighted by Crippen LogP contribution is 2.21. The van der Waals surface area contributed by atoms with Gasteiger partial charge in [0, 0.05) is 25.3 Å². The molecule has 0 radical (unpaired) electrons. The number of nitro groups is 1. The van der Waals surface area contributed by atoms with Crippen LogP contribution in [0.1, 0.15) is 28.8 Å². The van der Waals surface area contributed by atoms with Gasteiger partial charge in [0.2, 0.25) is 0 Å². The lowest BCUT2D eigenvalue weighted by molar-refractivity contribution is -0.385. The van der Waals surface area contributed by atoms with Crippen LogP contribution in [0.2, 0.25) is 0 Å². The van der Waals surface area contributed by atoms with Crippen molar-refractivity contribution in [1.29, 1.82) is 0 Å². The van der Waals surface area contributed by atoms with Gasteiger partial charge in [-0.05, 0) is 25.3 Å². The lowest BCUT2D eigenvalue weighted by Gasteiger charge is -2.11. The Morgan fingerprint density at radius 1 is 1.60 bits per heavy atom. The van der Waals surface area contributed by atoms with E-state index in [2.05, 4.69) is 5.32 Å². The summed E-state index contributed by atoms with van der Waals surface area (Å²) >= 11 is 0.